The zero-order valence-corrected chi connectivity index (χ0v) is 15.5. The number of thiol groups is 1. The molecule has 0 fully saturated rings. The average Bonchev–Trinajstić information content (AvgIpc) is 2.44. The van der Waals surface area contributed by atoms with Crippen molar-refractivity contribution in [3.8, 4) is 0 Å². The lowest BCUT2D eigenvalue weighted by Crippen LogP contribution is -2.25. The smallest absolute Gasteiger partial charge is 0.220 e. The van der Waals surface area contributed by atoms with Gasteiger partial charge in [-0.05, 0) is 31.9 Å². The molecule has 0 aliphatic carbocycles. The second kappa shape index (κ2) is 19.2. The summed E-state index contributed by atoms with van der Waals surface area (Å²) < 4.78 is 0. The Hall–Kier alpha value is 0.190. The van der Waals surface area contributed by atoms with Crippen LogP contribution in [0, 0.1) is 0 Å². The molecule has 0 aliphatic rings. The molecule has 3 nitrogen and oxygen atoms in total. The molecule has 0 atom stereocenters. The van der Waals surface area contributed by atoms with Gasteiger partial charge in [-0.2, -0.15) is 12.6 Å². The quantitative estimate of drug-likeness (QED) is 0.321. The van der Waals surface area contributed by atoms with Crippen LogP contribution in [0.25, 0.3) is 0 Å². The number of Topliss-reactive ketones (excluding diaryl/α,β-unsaturated/α-hetero) is 1. The van der Waals surface area contributed by atoms with Gasteiger partial charge in [0.1, 0.15) is 5.78 Å². The minimum atomic E-state index is 0.0968. The number of carbonyl (C=O) groups is 2. The number of unbranched alkanes of at least 4 members (excludes halogenated alkanes) is 1. The highest BCUT2D eigenvalue weighted by Gasteiger charge is 2.01. The van der Waals surface area contributed by atoms with Crippen LogP contribution >= 0.6 is 34.2 Å². The molecule has 0 saturated heterocycles. The first-order chi connectivity index (χ1) is 9.66. The summed E-state index contributed by atoms with van der Waals surface area (Å²) in [4.78, 5) is 22.1. The topological polar surface area (TPSA) is 46.2 Å². The number of rotatable bonds is 12. The Bertz CT molecular complexity index is 238. The van der Waals surface area contributed by atoms with E-state index in [-0.39, 0.29) is 11.7 Å². The highest BCUT2D eigenvalue weighted by atomic mass is 33.1. The van der Waals surface area contributed by atoms with Crippen molar-refractivity contribution >= 4 is 45.9 Å². The largest absolute Gasteiger partial charge is 0.355 e. The van der Waals surface area contributed by atoms with Crippen LogP contribution in [0.4, 0.5) is 0 Å². The summed E-state index contributed by atoms with van der Waals surface area (Å²) in [6, 6.07) is 0. The van der Waals surface area contributed by atoms with E-state index in [1.165, 1.54) is 0 Å². The molecule has 6 heteroatoms. The molecule has 0 aromatic carbocycles. The van der Waals surface area contributed by atoms with E-state index < -0.39 is 0 Å². The molecule has 1 N–H and O–H groups in total. The van der Waals surface area contributed by atoms with Crippen LogP contribution in [0.5, 0.6) is 0 Å². The fourth-order valence-corrected chi connectivity index (χ4v) is 3.59. The number of amides is 1. The van der Waals surface area contributed by atoms with Gasteiger partial charge in [0, 0.05) is 30.9 Å². The van der Waals surface area contributed by atoms with Gasteiger partial charge in [0.05, 0.1) is 0 Å². The minimum Gasteiger partial charge on any atom is -0.355 e. The fourth-order valence-electron chi connectivity index (χ4n) is 1.22. The summed E-state index contributed by atoms with van der Waals surface area (Å²) in [5, 5.41) is 2.89. The molecule has 0 radical (unpaired) electrons. The molecule has 120 valence electrons. The molecule has 0 aliphatic heterocycles. The van der Waals surface area contributed by atoms with E-state index >= 15 is 0 Å². The molecule has 0 unspecified atom stereocenters. The normalized spacial score (nSPS) is 9.60. The highest BCUT2D eigenvalue weighted by molar-refractivity contribution is 8.76. The van der Waals surface area contributed by atoms with Crippen LogP contribution in [0.3, 0.4) is 0 Å². The number of ketones is 1. The van der Waals surface area contributed by atoms with E-state index in [9.17, 15) is 9.59 Å². The van der Waals surface area contributed by atoms with E-state index in [2.05, 4.69) is 17.9 Å². The predicted molar refractivity (Wildman–Crippen MR) is 96.9 cm³/mol. The van der Waals surface area contributed by atoms with Crippen molar-refractivity contribution in [2.24, 2.45) is 0 Å². The van der Waals surface area contributed by atoms with E-state index in [0.717, 1.165) is 43.1 Å². The van der Waals surface area contributed by atoms with Crippen LogP contribution in [0.15, 0.2) is 0 Å². The van der Waals surface area contributed by atoms with Gasteiger partial charge in [0.2, 0.25) is 5.91 Å². The molecule has 0 aromatic rings. The molecule has 0 heterocycles. The molecule has 0 rings (SSSR count). The molecule has 0 spiro atoms. The number of carbonyl (C=O) groups excluding carboxylic acids is 2. The number of nitrogens with one attached hydrogen (secondary N) is 1. The Kier molecular flexibility index (Phi) is 21.6. The van der Waals surface area contributed by atoms with Crippen molar-refractivity contribution in [2.45, 2.75) is 52.9 Å². The molecule has 0 aromatic heterocycles. The second-order valence-corrected chi connectivity index (χ2v) is 7.13. The Balaban J connectivity index is 0. The monoisotopic (exact) mass is 339 g/mol. The Labute approximate surface area is 137 Å². The molecule has 1 amide bonds. The SMILES string of the molecule is CC.CC(=O)CCCCC(=O)NCCSSCCCS. The van der Waals surface area contributed by atoms with Crippen LogP contribution in [-0.4, -0.2) is 35.5 Å². The molecular formula is C14H29NO2S3. The van der Waals surface area contributed by atoms with Crippen LogP contribution < -0.4 is 5.32 Å². The van der Waals surface area contributed by atoms with Gasteiger partial charge in [0.25, 0.3) is 0 Å². The van der Waals surface area contributed by atoms with Crippen molar-refractivity contribution in [1.29, 1.82) is 0 Å². The Morgan fingerprint density at radius 3 is 2.20 bits per heavy atom. The first-order valence-electron chi connectivity index (χ1n) is 7.28. The maximum Gasteiger partial charge on any atom is 0.220 e. The zero-order valence-electron chi connectivity index (χ0n) is 12.9. The van der Waals surface area contributed by atoms with E-state index in [1.807, 2.05) is 24.6 Å². The number of hydrogen-bond donors (Lipinski definition) is 2. The van der Waals surface area contributed by atoms with Gasteiger partial charge < -0.3 is 10.1 Å². The number of hydrogen-bond acceptors (Lipinski definition) is 5. The predicted octanol–water partition coefficient (Wildman–Crippen LogP) is 3.98. The summed E-state index contributed by atoms with van der Waals surface area (Å²) in [6.07, 6.45) is 3.87. The van der Waals surface area contributed by atoms with Gasteiger partial charge in [-0.25, -0.2) is 0 Å². The Morgan fingerprint density at radius 2 is 1.60 bits per heavy atom. The summed E-state index contributed by atoms with van der Waals surface area (Å²) in [5.41, 5.74) is 0. The van der Waals surface area contributed by atoms with Crippen LogP contribution in [-0.2, 0) is 9.59 Å². The standard InChI is InChI=1S/C12H23NO2S3.C2H6/c1-11(14)5-2-3-6-12(15)13-7-10-18-17-9-4-8-16;1-2/h16H,2-10H2,1H3,(H,13,15);1-2H3. The molecule has 0 saturated carbocycles. The van der Waals surface area contributed by atoms with Crippen molar-refractivity contribution < 1.29 is 9.59 Å². The van der Waals surface area contributed by atoms with Gasteiger partial charge in [-0.15, -0.1) is 0 Å². The lowest BCUT2D eigenvalue weighted by Gasteiger charge is -2.04. The minimum absolute atomic E-state index is 0.0968. The van der Waals surface area contributed by atoms with Crippen molar-refractivity contribution in [1.82, 2.24) is 5.32 Å². The average molecular weight is 340 g/mol. The van der Waals surface area contributed by atoms with Gasteiger partial charge in [-0.3, -0.25) is 4.79 Å². The van der Waals surface area contributed by atoms with Crippen molar-refractivity contribution in [2.75, 3.05) is 23.8 Å². The third-order valence-electron chi connectivity index (χ3n) is 2.16. The maximum atomic E-state index is 11.4. The van der Waals surface area contributed by atoms with E-state index in [1.54, 1.807) is 17.7 Å². The Morgan fingerprint density at radius 1 is 1.00 bits per heavy atom. The van der Waals surface area contributed by atoms with Crippen LogP contribution in [0.1, 0.15) is 52.9 Å². The van der Waals surface area contributed by atoms with Gasteiger partial charge in [0.15, 0.2) is 0 Å². The third-order valence-corrected chi connectivity index (χ3v) is 4.97. The first-order valence-corrected chi connectivity index (χ1v) is 10.4. The summed E-state index contributed by atoms with van der Waals surface area (Å²) in [5.74, 6) is 3.29. The molecular weight excluding hydrogens is 310 g/mol. The van der Waals surface area contributed by atoms with Crippen LogP contribution in [0.2, 0.25) is 0 Å². The zero-order chi connectivity index (χ0) is 15.6. The van der Waals surface area contributed by atoms with Gasteiger partial charge in [-0.1, -0.05) is 35.4 Å². The van der Waals surface area contributed by atoms with E-state index in [0.29, 0.717) is 12.8 Å². The lowest BCUT2D eigenvalue weighted by atomic mass is 10.1. The maximum absolute atomic E-state index is 11.4. The fraction of sp³-hybridized carbons (Fsp3) is 0.857. The summed E-state index contributed by atoms with van der Waals surface area (Å²) in [6.45, 7) is 6.31. The van der Waals surface area contributed by atoms with Crippen molar-refractivity contribution in [3.05, 3.63) is 0 Å². The van der Waals surface area contributed by atoms with Gasteiger partial charge >= 0.3 is 0 Å². The summed E-state index contributed by atoms with van der Waals surface area (Å²) in [7, 11) is 3.62. The molecule has 0 bridgehead atoms. The van der Waals surface area contributed by atoms with E-state index in [4.69, 9.17) is 0 Å². The summed E-state index contributed by atoms with van der Waals surface area (Å²) >= 11 is 4.14. The van der Waals surface area contributed by atoms with Crippen molar-refractivity contribution in [3.63, 3.8) is 0 Å². The highest BCUT2D eigenvalue weighted by Crippen LogP contribution is 2.21. The molecule has 20 heavy (non-hydrogen) atoms. The lowest BCUT2D eigenvalue weighted by molar-refractivity contribution is -0.121. The third kappa shape index (κ3) is 20.5. The second-order valence-electron chi connectivity index (χ2n) is 3.98. The first kappa shape index (κ1) is 22.5.